The van der Waals surface area contributed by atoms with Gasteiger partial charge < -0.3 is 15.2 Å². The summed E-state index contributed by atoms with van der Waals surface area (Å²) >= 11 is 0. The first-order valence-corrected chi connectivity index (χ1v) is 9.15. The van der Waals surface area contributed by atoms with Gasteiger partial charge in [0.25, 0.3) is 0 Å². The molecule has 0 fully saturated rings. The van der Waals surface area contributed by atoms with Gasteiger partial charge in [-0.05, 0) is 33.3 Å². The Balaban J connectivity index is 3.37. The Kier molecular flexibility index (Phi) is 5.66. The summed E-state index contributed by atoms with van der Waals surface area (Å²) in [6.45, 7) is 6.13. The van der Waals surface area contributed by atoms with E-state index in [1.807, 2.05) is 0 Å². The Morgan fingerprint density at radius 3 is 2.00 bits per heavy atom. The highest BCUT2D eigenvalue weighted by atomic mass is 32.2. The van der Waals surface area contributed by atoms with Crippen molar-refractivity contribution in [2.75, 3.05) is 6.26 Å². The Bertz CT molecular complexity index is 708. The number of hydrogen-bond acceptors (Lipinski definition) is 5. The van der Waals surface area contributed by atoms with Crippen LogP contribution in [0.5, 0.6) is 0 Å². The fraction of sp³-hybridized carbons (Fsp3) is 0.500. The summed E-state index contributed by atoms with van der Waals surface area (Å²) in [7, 11) is -3.90. The lowest BCUT2D eigenvalue weighted by Crippen LogP contribution is -2.57. The molecule has 0 radical (unpaired) electrons. The van der Waals surface area contributed by atoms with E-state index in [0.29, 0.717) is 0 Å². The number of nitrogens with one attached hydrogen (secondary N) is 1. The quantitative estimate of drug-likeness (QED) is 0.833. The van der Waals surface area contributed by atoms with Crippen LogP contribution in [0.4, 0.5) is 4.79 Å². The second kappa shape index (κ2) is 6.80. The third kappa shape index (κ3) is 4.47. The molecule has 0 aliphatic rings. The van der Waals surface area contributed by atoms with Crippen LogP contribution in [0, 0.1) is 0 Å². The van der Waals surface area contributed by atoms with E-state index in [-0.39, 0.29) is 5.56 Å². The van der Waals surface area contributed by atoms with Gasteiger partial charge in [0.15, 0.2) is 15.9 Å². The number of carboxylic acid groups (broad SMARTS) is 1. The van der Waals surface area contributed by atoms with E-state index in [0.717, 1.165) is 6.26 Å². The number of ether oxygens (including phenoxy) is 1. The van der Waals surface area contributed by atoms with E-state index in [9.17, 15) is 23.1 Å². The fourth-order valence-corrected chi connectivity index (χ4v) is 3.38. The molecule has 0 saturated heterocycles. The molecule has 8 heteroatoms. The lowest BCUT2D eigenvalue weighted by Gasteiger charge is -2.34. The van der Waals surface area contributed by atoms with Crippen LogP contribution in [0.2, 0.25) is 0 Å². The van der Waals surface area contributed by atoms with Crippen molar-refractivity contribution in [2.24, 2.45) is 0 Å². The van der Waals surface area contributed by atoms with Crippen molar-refractivity contribution in [1.82, 2.24) is 5.32 Å². The van der Waals surface area contributed by atoms with Crippen LogP contribution in [-0.2, 0) is 24.1 Å². The van der Waals surface area contributed by atoms with Crippen LogP contribution < -0.4 is 5.32 Å². The molecular weight excluding hydrogens is 334 g/mol. The van der Waals surface area contributed by atoms with Gasteiger partial charge in [-0.15, -0.1) is 0 Å². The number of amides is 1. The Morgan fingerprint density at radius 2 is 1.62 bits per heavy atom. The average molecular weight is 357 g/mol. The van der Waals surface area contributed by atoms with Crippen molar-refractivity contribution in [3.8, 4) is 0 Å². The third-order valence-corrected chi connectivity index (χ3v) is 5.59. The summed E-state index contributed by atoms with van der Waals surface area (Å²) in [6, 6.07) is 6.19. The molecule has 0 aliphatic carbocycles. The van der Waals surface area contributed by atoms with E-state index in [2.05, 4.69) is 5.32 Å². The predicted octanol–water partition coefficient (Wildman–Crippen LogP) is 1.92. The number of rotatable bonds is 5. The zero-order chi connectivity index (χ0) is 18.8. The van der Waals surface area contributed by atoms with Gasteiger partial charge in [-0.25, -0.2) is 18.0 Å². The predicted molar refractivity (Wildman–Crippen MR) is 89.4 cm³/mol. The van der Waals surface area contributed by atoms with Crippen molar-refractivity contribution in [3.63, 3.8) is 0 Å². The molecule has 134 valence electrons. The maximum Gasteiger partial charge on any atom is 0.408 e. The molecule has 24 heavy (non-hydrogen) atoms. The molecule has 0 unspecified atom stereocenters. The third-order valence-electron chi connectivity index (χ3n) is 3.58. The zero-order valence-corrected chi connectivity index (χ0v) is 15.2. The number of sulfone groups is 1. The molecule has 0 bridgehead atoms. The highest BCUT2D eigenvalue weighted by molar-refractivity contribution is 7.91. The molecule has 1 amide bonds. The maximum atomic E-state index is 12.4. The van der Waals surface area contributed by atoms with Crippen LogP contribution >= 0.6 is 0 Å². The van der Waals surface area contributed by atoms with Gasteiger partial charge in [-0.1, -0.05) is 30.3 Å². The molecule has 2 atom stereocenters. The van der Waals surface area contributed by atoms with Gasteiger partial charge in [0, 0.05) is 6.26 Å². The number of hydrogen-bond donors (Lipinski definition) is 2. The van der Waals surface area contributed by atoms with Gasteiger partial charge in [0.1, 0.15) is 10.3 Å². The second-order valence-electron chi connectivity index (χ2n) is 6.66. The molecule has 1 aromatic carbocycles. The average Bonchev–Trinajstić information content (AvgIpc) is 2.41. The van der Waals surface area contributed by atoms with Gasteiger partial charge in [-0.2, -0.15) is 0 Å². The molecular formula is C16H23NO6S. The smallest absolute Gasteiger partial charge is 0.408 e. The molecule has 1 rings (SSSR count). The number of carbonyl (C=O) groups is 2. The number of benzene rings is 1. The summed E-state index contributed by atoms with van der Waals surface area (Å²) < 4.78 is 28.0. The first-order valence-electron chi connectivity index (χ1n) is 7.26. The van der Waals surface area contributed by atoms with E-state index < -0.39 is 38.3 Å². The molecule has 7 nitrogen and oxygen atoms in total. The van der Waals surface area contributed by atoms with Crippen molar-refractivity contribution in [1.29, 1.82) is 0 Å². The SMILES string of the molecule is CC(C)(C)OC(=O)N[C@@H](C(=O)O)[C@@](C)(c1ccccc1)S(C)(=O)=O. The van der Waals surface area contributed by atoms with Gasteiger partial charge in [-0.3, -0.25) is 0 Å². The van der Waals surface area contributed by atoms with Crippen LogP contribution in [0.15, 0.2) is 30.3 Å². The van der Waals surface area contributed by atoms with Crippen LogP contribution in [0.3, 0.4) is 0 Å². The fourth-order valence-electron chi connectivity index (χ4n) is 2.22. The normalized spacial score (nSPS) is 15.9. The highest BCUT2D eigenvalue weighted by Crippen LogP contribution is 2.33. The topological polar surface area (TPSA) is 110 Å². The minimum atomic E-state index is -3.90. The van der Waals surface area contributed by atoms with Gasteiger partial charge in [0.2, 0.25) is 0 Å². The van der Waals surface area contributed by atoms with Crippen LogP contribution in [-0.4, -0.2) is 43.5 Å². The van der Waals surface area contributed by atoms with Gasteiger partial charge >= 0.3 is 12.1 Å². The van der Waals surface area contributed by atoms with E-state index in [4.69, 9.17) is 4.74 Å². The second-order valence-corrected chi connectivity index (χ2v) is 9.06. The van der Waals surface area contributed by atoms with E-state index in [1.165, 1.54) is 19.1 Å². The van der Waals surface area contributed by atoms with E-state index in [1.54, 1.807) is 39.0 Å². The van der Waals surface area contributed by atoms with Crippen LogP contribution in [0.25, 0.3) is 0 Å². The minimum Gasteiger partial charge on any atom is -0.480 e. The number of carbonyl (C=O) groups excluding carboxylic acids is 1. The van der Waals surface area contributed by atoms with Crippen molar-refractivity contribution in [3.05, 3.63) is 35.9 Å². The first kappa shape index (κ1) is 20.0. The molecule has 0 aromatic heterocycles. The lowest BCUT2D eigenvalue weighted by atomic mass is 9.92. The molecule has 0 heterocycles. The van der Waals surface area contributed by atoms with Gasteiger partial charge in [0.05, 0.1) is 0 Å². The summed E-state index contributed by atoms with van der Waals surface area (Å²) in [5, 5.41) is 11.7. The standard InChI is InChI=1S/C16H23NO6S/c1-15(2,3)23-14(20)17-12(13(18)19)16(4,24(5,21)22)11-9-7-6-8-10-11/h6-10,12H,1-5H3,(H,17,20)(H,18,19)/t12-,16+/m0/s1. The number of carboxylic acids is 1. The lowest BCUT2D eigenvalue weighted by molar-refractivity contribution is -0.140. The molecule has 2 N–H and O–H groups in total. The summed E-state index contributed by atoms with van der Waals surface area (Å²) in [5.74, 6) is -1.47. The number of alkyl carbamates (subject to hydrolysis) is 1. The zero-order valence-electron chi connectivity index (χ0n) is 14.4. The Morgan fingerprint density at radius 1 is 1.12 bits per heavy atom. The monoisotopic (exact) mass is 357 g/mol. The highest BCUT2D eigenvalue weighted by Gasteiger charge is 2.50. The Labute approximate surface area is 141 Å². The Hall–Kier alpha value is -2.09. The minimum absolute atomic E-state index is 0.260. The van der Waals surface area contributed by atoms with Crippen molar-refractivity contribution in [2.45, 2.75) is 44.1 Å². The first-order chi connectivity index (χ1) is 10.8. The van der Waals surface area contributed by atoms with Crippen LogP contribution in [0.1, 0.15) is 33.3 Å². The number of aliphatic carboxylic acids is 1. The molecule has 0 aliphatic heterocycles. The summed E-state index contributed by atoms with van der Waals surface area (Å²) in [5.41, 5.74) is -0.586. The summed E-state index contributed by atoms with van der Waals surface area (Å²) in [4.78, 5) is 23.7. The molecule has 0 spiro atoms. The summed E-state index contributed by atoms with van der Waals surface area (Å²) in [6.07, 6.45) is -0.0621. The molecule has 0 saturated carbocycles. The largest absolute Gasteiger partial charge is 0.480 e. The maximum absolute atomic E-state index is 12.4. The van der Waals surface area contributed by atoms with Crippen molar-refractivity contribution < 1.29 is 27.9 Å². The van der Waals surface area contributed by atoms with E-state index >= 15 is 0 Å². The van der Waals surface area contributed by atoms with Crippen molar-refractivity contribution >= 4 is 21.9 Å². The molecule has 1 aromatic rings.